The van der Waals surface area contributed by atoms with Crippen LogP contribution in [0.25, 0.3) is 0 Å². The molecule has 5 aliphatic rings. The Balaban J connectivity index is 1.14. The molecule has 0 aromatic heterocycles. The highest BCUT2D eigenvalue weighted by molar-refractivity contribution is 6.03. The number of fused-ring (bicyclic) bond motifs is 7. The summed E-state index contributed by atoms with van der Waals surface area (Å²) in [5.74, 6) is -1.43. The fourth-order valence-corrected chi connectivity index (χ4v) is 13.9. The molecule has 290 valence electrons. The molecule has 2 N–H and O–H groups in total. The first-order valence-corrected chi connectivity index (χ1v) is 20.1. The summed E-state index contributed by atoms with van der Waals surface area (Å²) in [7, 11) is 0. The average Bonchev–Trinajstić information content (AvgIpc) is 3.52. The smallest absolute Gasteiger partial charge is 0.339 e. The van der Waals surface area contributed by atoms with Crippen molar-refractivity contribution in [1.82, 2.24) is 0 Å². The summed E-state index contributed by atoms with van der Waals surface area (Å²) in [4.78, 5) is 50.7. The third kappa shape index (κ3) is 5.67. The second kappa shape index (κ2) is 13.4. The number of carboxylic acid groups (broad SMARTS) is 2. The van der Waals surface area contributed by atoms with Gasteiger partial charge in [-0.1, -0.05) is 71.0 Å². The quantitative estimate of drug-likeness (QED) is 0.202. The maximum Gasteiger partial charge on any atom is 0.339 e. The van der Waals surface area contributed by atoms with Crippen molar-refractivity contribution in [2.24, 2.45) is 56.7 Å². The Labute approximate surface area is 320 Å². The number of benzene rings is 2. The van der Waals surface area contributed by atoms with Crippen molar-refractivity contribution in [3.05, 3.63) is 82.9 Å². The van der Waals surface area contributed by atoms with Gasteiger partial charge in [0.15, 0.2) is 0 Å². The third-order valence-electron chi connectivity index (χ3n) is 16.7. The Morgan fingerprint density at radius 2 is 1.28 bits per heavy atom. The molecule has 10 atom stereocenters. The Morgan fingerprint density at radius 1 is 0.685 bits per heavy atom. The lowest BCUT2D eigenvalue weighted by Crippen LogP contribution is -2.67. The highest BCUT2D eigenvalue weighted by Crippen LogP contribution is 2.77. The average molecular weight is 739 g/mol. The fraction of sp³-hybridized carbons (Fsp3) is 0.609. The van der Waals surface area contributed by atoms with E-state index in [-0.39, 0.29) is 55.4 Å². The van der Waals surface area contributed by atoms with Crippen molar-refractivity contribution < 1.29 is 38.9 Å². The molecule has 0 saturated heterocycles. The minimum Gasteiger partial charge on any atom is -0.478 e. The zero-order chi connectivity index (χ0) is 39.0. The predicted octanol–water partition coefficient (Wildman–Crippen LogP) is 10.1. The van der Waals surface area contributed by atoms with E-state index >= 15 is 0 Å². The molecular formula is C46H58O8. The standard InChI is InChI=1S/C46H58O8/c1-27(2)28-18-23-46(26-53-40(51)31-14-10-8-12-29(31)38(47)48)25-24-44(6)33(37(28)46)16-17-35-43(5)21-20-36(42(3,4)34(43)19-22-45(35,44)7)54-41(52)32-15-11-9-13-30(32)39(49)50/h8-15,28,33-37H,1,16-26H2,2-7H3,(H,47,48)(H,49,50)/t28-,33+,34+,35+,36-,37-,43+,44+,45+,46+/m0/s1. The van der Waals surface area contributed by atoms with Crippen molar-refractivity contribution in [2.75, 3.05) is 6.61 Å². The van der Waals surface area contributed by atoms with E-state index in [1.54, 1.807) is 36.4 Å². The summed E-state index contributed by atoms with van der Waals surface area (Å²) in [6, 6.07) is 12.6. The molecule has 5 aliphatic carbocycles. The molecule has 0 unspecified atom stereocenters. The number of aromatic carboxylic acids is 2. The monoisotopic (exact) mass is 738 g/mol. The van der Waals surface area contributed by atoms with Gasteiger partial charge in [-0.15, -0.1) is 0 Å². The van der Waals surface area contributed by atoms with Crippen LogP contribution in [0.1, 0.15) is 147 Å². The van der Waals surface area contributed by atoms with Gasteiger partial charge in [0.1, 0.15) is 6.10 Å². The molecule has 0 radical (unpaired) electrons. The van der Waals surface area contributed by atoms with Gasteiger partial charge in [-0.05, 0) is 141 Å². The van der Waals surface area contributed by atoms with Crippen LogP contribution in [0.4, 0.5) is 0 Å². The molecule has 8 nitrogen and oxygen atoms in total. The van der Waals surface area contributed by atoms with Gasteiger partial charge in [0.25, 0.3) is 0 Å². The first-order chi connectivity index (χ1) is 25.4. The maximum atomic E-state index is 13.5. The Morgan fingerprint density at radius 3 is 1.87 bits per heavy atom. The van der Waals surface area contributed by atoms with E-state index in [0.717, 1.165) is 64.2 Å². The van der Waals surface area contributed by atoms with Gasteiger partial charge < -0.3 is 19.7 Å². The first kappa shape index (κ1) is 38.3. The number of esters is 2. The van der Waals surface area contributed by atoms with Gasteiger partial charge in [-0.2, -0.15) is 0 Å². The zero-order valence-electron chi connectivity index (χ0n) is 32.9. The second-order valence-electron chi connectivity index (χ2n) is 19.1. The van der Waals surface area contributed by atoms with E-state index in [2.05, 4.69) is 48.1 Å². The molecule has 2 aromatic rings. The summed E-state index contributed by atoms with van der Waals surface area (Å²) >= 11 is 0. The molecule has 5 fully saturated rings. The normalized spacial score (nSPS) is 37.7. The number of ether oxygens (including phenoxy) is 2. The fourth-order valence-electron chi connectivity index (χ4n) is 13.9. The summed E-state index contributed by atoms with van der Waals surface area (Å²) in [5.41, 5.74) is 1.09. The minimum atomic E-state index is -1.14. The largest absolute Gasteiger partial charge is 0.478 e. The molecule has 0 bridgehead atoms. The van der Waals surface area contributed by atoms with Crippen LogP contribution in [-0.4, -0.2) is 46.8 Å². The Hall–Kier alpha value is -3.94. The molecule has 8 heteroatoms. The van der Waals surface area contributed by atoms with Crippen molar-refractivity contribution in [2.45, 2.75) is 112 Å². The predicted molar refractivity (Wildman–Crippen MR) is 205 cm³/mol. The molecule has 7 rings (SSSR count). The number of carboxylic acids is 2. The van der Waals surface area contributed by atoms with E-state index in [4.69, 9.17) is 9.47 Å². The van der Waals surface area contributed by atoms with Crippen molar-refractivity contribution in [3.8, 4) is 0 Å². The van der Waals surface area contributed by atoms with E-state index < -0.39 is 23.9 Å². The topological polar surface area (TPSA) is 127 Å². The van der Waals surface area contributed by atoms with Gasteiger partial charge in [0.2, 0.25) is 0 Å². The molecule has 5 saturated carbocycles. The van der Waals surface area contributed by atoms with Crippen molar-refractivity contribution >= 4 is 23.9 Å². The Kier molecular flexibility index (Phi) is 9.49. The van der Waals surface area contributed by atoms with Gasteiger partial charge in [-0.3, -0.25) is 0 Å². The molecular weight excluding hydrogens is 680 g/mol. The minimum absolute atomic E-state index is 0.0336. The Bertz CT molecular complexity index is 1880. The molecule has 54 heavy (non-hydrogen) atoms. The zero-order valence-corrected chi connectivity index (χ0v) is 32.9. The van der Waals surface area contributed by atoms with Crippen LogP contribution in [0, 0.1) is 56.7 Å². The maximum absolute atomic E-state index is 13.5. The second-order valence-corrected chi connectivity index (χ2v) is 19.1. The van der Waals surface area contributed by atoms with Crippen LogP contribution in [0.3, 0.4) is 0 Å². The van der Waals surface area contributed by atoms with E-state index in [9.17, 15) is 29.4 Å². The molecule has 2 aromatic carbocycles. The lowest BCUT2D eigenvalue weighted by Gasteiger charge is -2.73. The van der Waals surface area contributed by atoms with E-state index in [0.29, 0.717) is 36.2 Å². The number of rotatable bonds is 8. The van der Waals surface area contributed by atoms with Gasteiger partial charge in [-0.25, -0.2) is 19.2 Å². The molecule has 0 aliphatic heterocycles. The summed E-state index contributed by atoms with van der Waals surface area (Å²) in [6.45, 7) is 19.1. The number of hydrogen-bond donors (Lipinski definition) is 2. The molecule has 0 heterocycles. The van der Waals surface area contributed by atoms with Crippen LogP contribution in [0.2, 0.25) is 0 Å². The van der Waals surface area contributed by atoms with Gasteiger partial charge >= 0.3 is 23.9 Å². The third-order valence-corrected chi connectivity index (χ3v) is 16.7. The highest BCUT2D eigenvalue weighted by atomic mass is 16.5. The highest BCUT2D eigenvalue weighted by Gasteiger charge is 2.71. The van der Waals surface area contributed by atoms with Crippen LogP contribution in [0.15, 0.2) is 60.7 Å². The lowest BCUT2D eigenvalue weighted by atomic mass is 9.32. The summed E-state index contributed by atoms with van der Waals surface area (Å²) in [6.07, 6.45) is 9.77. The van der Waals surface area contributed by atoms with Crippen LogP contribution in [0.5, 0.6) is 0 Å². The number of carbonyl (C=O) groups is 4. The number of carbonyl (C=O) groups excluding carboxylic acids is 2. The summed E-state index contributed by atoms with van der Waals surface area (Å²) < 4.78 is 12.4. The van der Waals surface area contributed by atoms with Crippen LogP contribution < -0.4 is 0 Å². The first-order valence-electron chi connectivity index (χ1n) is 20.1. The lowest BCUT2D eigenvalue weighted by molar-refractivity contribution is -0.249. The molecule has 0 spiro atoms. The van der Waals surface area contributed by atoms with Gasteiger partial charge in [0.05, 0.1) is 28.9 Å². The van der Waals surface area contributed by atoms with E-state index in [1.165, 1.54) is 17.7 Å². The molecule has 0 amide bonds. The SMILES string of the molecule is C=C(C)[C@@H]1CC[C@]2(COC(=O)c3ccccc3C(=O)O)CC[C@]3(C)[C@H](CC[C@@H]4[C@]5(C)CC[C@H](OC(=O)c6ccccc6C(=O)O)C(C)(C)[C@H]5CC[C@]43C)[C@H]12. The van der Waals surface area contributed by atoms with Crippen molar-refractivity contribution in [3.63, 3.8) is 0 Å². The van der Waals surface area contributed by atoms with Gasteiger partial charge in [0, 0.05) is 10.8 Å². The van der Waals surface area contributed by atoms with Crippen molar-refractivity contribution in [1.29, 1.82) is 0 Å². The number of hydrogen-bond acceptors (Lipinski definition) is 6. The van der Waals surface area contributed by atoms with Crippen LogP contribution >= 0.6 is 0 Å². The summed E-state index contributed by atoms with van der Waals surface area (Å²) in [5, 5.41) is 19.5. The number of allylic oxidation sites excluding steroid dienone is 1. The van der Waals surface area contributed by atoms with Crippen LogP contribution in [-0.2, 0) is 9.47 Å². The van der Waals surface area contributed by atoms with E-state index in [1.807, 2.05) is 0 Å².